The minimum atomic E-state index is -0.406. The van der Waals surface area contributed by atoms with E-state index in [-0.39, 0.29) is 29.1 Å². The summed E-state index contributed by atoms with van der Waals surface area (Å²) in [5.74, 6) is 0.717. The zero-order valence-corrected chi connectivity index (χ0v) is 20.8. The minimum Gasteiger partial charge on any atom is -0.493 e. The summed E-state index contributed by atoms with van der Waals surface area (Å²) in [6.45, 7) is 0.263. The van der Waals surface area contributed by atoms with E-state index in [2.05, 4.69) is 5.32 Å². The lowest BCUT2D eigenvalue weighted by molar-refractivity contribution is -0.122. The van der Waals surface area contributed by atoms with Crippen LogP contribution in [0.2, 0.25) is 0 Å². The minimum absolute atomic E-state index is 0.0912. The Bertz CT molecular complexity index is 1170. The topological polar surface area (TPSA) is 94.2 Å². The van der Waals surface area contributed by atoms with Crippen LogP contribution in [0.3, 0.4) is 0 Å². The van der Waals surface area contributed by atoms with E-state index in [1.165, 1.54) is 38.9 Å². The fraction of sp³-hybridized carbons (Fsp3) is 0.346. The van der Waals surface area contributed by atoms with Gasteiger partial charge in [-0.1, -0.05) is 6.07 Å². The molecule has 2 aromatic rings. The fourth-order valence-corrected chi connectivity index (χ4v) is 5.15. The standard InChI is InChI=1S/C26H28N2O6S/c1-32-20-12-16(13-21(33-2)23(20)34-3)14-22-25(30)28(26(31)35-22)11-10-27-24(29)19-9-8-17-6-4-5-7-18(17)15-19/h8-9,12-15H,4-7,10-11H2,1-3H3,(H,27,29). The molecule has 1 aliphatic carbocycles. The van der Waals surface area contributed by atoms with Crippen LogP contribution in [0, 0.1) is 0 Å². The Morgan fingerprint density at radius 1 is 1.00 bits per heavy atom. The van der Waals surface area contributed by atoms with Gasteiger partial charge in [-0.25, -0.2) is 0 Å². The fourth-order valence-electron chi connectivity index (χ4n) is 4.29. The highest BCUT2D eigenvalue weighted by Gasteiger charge is 2.34. The van der Waals surface area contributed by atoms with Crippen LogP contribution >= 0.6 is 11.8 Å². The second-order valence-corrected chi connectivity index (χ2v) is 9.23. The molecule has 1 N–H and O–H groups in total. The molecule has 35 heavy (non-hydrogen) atoms. The van der Waals surface area contributed by atoms with Gasteiger partial charge in [0, 0.05) is 18.7 Å². The summed E-state index contributed by atoms with van der Waals surface area (Å²) < 4.78 is 16.0. The van der Waals surface area contributed by atoms with Crippen LogP contribution in [0.15, 0.2) is 35.2 Å². The van der Waals surface area contributed by atoms with Crippen molar-refractivity contribution >= 4 is 34.9 Å². The SMILES string of the molecule is COc1cc(C=C2SC(=O)N(CCNC(=O)c3ccc4c(c3)CCCC4)C2=O)cc(OC)c1OC. The number of thioether (sulfide) groups is 1. The van der Waals surface area contributed by atoms with Crippen molar-refractivity contribution in [2.75, 3.05) is 34.4 Å². The van der Waals surface area contributed by atoms with Gasteiger partial charge in [-0.2, -0.15) is 0 Å². The number of aryl methyl sites for hydroxylation is 2. The van der Waals surface area contributed by atoms with Gasteiger partial charge >= 0.3 is 0 Å². The molecular weight excluding hydrogens is 468 g/mol. The molecule has 1 fully saturated rings. The van der Waals surface area contributed by atoms with Crippen molar-refractivity contribution in [3.8, 4) is 17.2 Å². The zero-order valence-electron chi connectivity index (χ0n) is 20.0. The Morgan fingerprint density at radius 2 is 1.69 bits per heavy atom. The lowest BCUT2D eigenvalue weighted by Crippen LogP contribution is -2.37. The number of hydrogen-bond acceptors (Lipinski definition) is 7. The van der Waals surface area contributed by atoms with Gasteiger partial charge in [-0.05, 0) is 84.5 Å². The quantitative estimate of drug-likeness (QED) is 0.551. The molecule has 2 aromatic carbocycles. The molecule has 4 rings (SSSR count). The summed E-state index contributed by atoms with van der Waals surface area (Å²) in [4.78, 5) is 39.4. The molecule has 8 nitrogen and oxygen atoms in total. The van der Waals surface area contributed by atoms with E-state index in [9.17, 15) is 14.4 Å². The van der Waals surface area contributed by atoms with Gasteiger partial charge in [0.15, 0.2) is 11.5 Å². The first kappa shape index (κ1) is 24.7. The van der Waals surface area contributed by atoms with Crippen molar-refractivity contribution in [2.24, 2.45) is 0 Å². The Hall–Kier alpha value is -3.46. The second kappa shape index (κ2) is 10.9. The van der Waals surface area contributed by atoms with Crippen molar-refractivity contribution < 1.29 is 28.6 Å². The molecule has 184 valence electrons. The number of ether oxygens (including phenoxy) is 3. The predicted octanol–water partition coefficient (Wildman–Crippen LogP) is 4.06. The van der Waals surface area contributed by atoms with Gasteiger partial charge in [-0.3, -0.25) is 19.3 Å². The number of nitrogens with one attached hydrogen (secondary N) is 1. The Morgan fingerprint density at radius 3 is 2.34 bits per heavy atom. The summed E-state index contributed by atoms with van der Waals surface area (Å²) in [5, 5.41) is 2.44. The average Bonchev–Trinajstić information content (AvgIpc) is 3.14. The number of rotatable bonds is 8. The van der Waals surface area contributed by atoms with E-state index in [1.807, 2.05) is 18.2 Å². The van der Waals surface area contributed by atoms with Gasteiger partial charge in [-0.15, -0.1) is 0 Å². The molecule has 1 heterocycles. The molecule has 0 atom stereocenters. The molecule has 1 saturated heterocycles. The van der Waals surface area contributed by atoms with E-state index >= 15 is 0 Å². The molecule has 0 unspecified atom stereocenters. The van der Waals surface area contributed by atoms with Crippen LogP contribution in [0.25, 0.3) is 6.08 Å². The number of carbonyl (C=O) groups excluding carboxylic acids is 3. The molecule has 0 bridgehead atoms. The Kier molecular flexibility index (Phi) is 7.65. The first-order chi connectivity index (χ1) is 16.9. The van der Waals surface area contributed by atoms with Crippen molar-refractivity contribution in [3.05, 3.63) is 57.5 Å². The first-order valence-electron chi connectivity index (χ1n) is 11.4. The molecule has 0 aromatic heterocycles. The molecule has 1 aliphatic heterocycles. The highest BCUT2D eigenvalue weighted by atomic mass is 32.2. The number of methoxy groups -OCH3 is 3. The maximum absolute atomic E-state index is 12.9. The van der Waals surface area contributed by atoms with Crippen LogP contribution in [0.4, 0.5) is 4.79 Å². The normalized spacial score (nSPS) is 16.3. The summed E-state index contributed by atoms with van der Waals surface area (Å²) >= 11 is 0.857. The third kappa shape index (κ3) is 5.30. The molecule has 3 amide bonds. The third-order valence-electron chi connectivity index (χ3n) is 6.09. The van der Waals surface area contributed by atoms with E-state index in [4.69, 9.17) is 14.2 Å². The van der Waals surface area contributed by atoms with E-state index in [1.54, 1.807) is 18.2 Å². The molecule has 0 radical (unpaired) electrons. The third-order valence-corrected chi connectivity index (χ3v) is 7.00. The second-order valence-electron chi connectivity index (χ2n) is 8.24. The van der Waals surface area contributed by atoms with Gasteiger partial charge in [0.05, 0.1) is 26.2 Å². The van der Waals surface area contributed by atoms with Crippen molar-refractivity contribution in [3.63, 3.8) is 0 Å². The molecule has 0 saturated carbocycles. The van der Waals surface area contributed by atoms with E-state index in [0.717, 1.165) is 35.9 Å². The largest absolute Gasteiger partial charge is 0.493 e. The number of imide groups is 1. The van der Waals surface area contributed by atoms with Gasteiger partial charge < -0.3 is 19.5 Å². The first-order valence-corrected chi connectivity index (χ1v) is 12.2. The van der Waals surface area contributed by atoms with Crippen LogP contribution in [0.1, 0.15) is 39.9 Å². The number of carbonyl (C=O) groups is 3. The van der Waals surface area contributed by atoms with Crippen LogP contribution in [-0.2, 0) is 17.6 Å². The lowest BCUT2D eigenvalue weighted by atomic mass is 9.90. The van der Waals surface area contributed by atoms with E-state index < -0.39 is 5.91 Å². The van der Waals surface area contributed by atoms with Crippen molar-refractivity contribution in [2.45, 2.75) is 25.7 Å². The summed E-state index contributed by atoms with van der Waals surface area (Å²) in [6.07, 6.45) is 5.98. The van der Waals surface area contributed by atoms with Gasteiger partial charge in [0.25, 0.3) is 17.1 Å². The highest BCUT2D eigenvalue weighted by molar-refractivity contribution is 8.18. The molecule has 9 heteroatoms. The average molecular weight is 497 g/mol. The Labute approximate surface area is 208 Å². The lowest BCUT2D eigenvalue weighted by Gasteiger charge is -2.17. The molecule has 2 aliphatic rings. The number of amides is 3. The number of hydrogen-bond donors (Lipinski definition) is 1. The number of nitrogens with zero attached hydrogens (tertiary/aromatic N) is 1. The van der Waals surface area contributed by atoms with Gasteiger partial charge in [0.2, 0.25) is 5.75 Å². The number of fused-ring (bicyclic) bond motifs is 1. The summed E-state index contributed by atoms with van der Waals surface area (Å²) in [7, 11) is 4.52. The van der Waals surface area contributed by atoms with Crippen molar-refractivity contribution in [1.29, 1.82) is 0 Å². The molecular formula is C26H28N2O6S. The zero-order chi connectivity index (χ0) is 24.9. The van der Waals surface area contributed by atoms with Crippen LogP contribution in [-0.4, -0.2) is 56.4 Å². The summed E-state index contributed by atoms with van der Waals surface area (Å²) in [5.41, 5.74) is 3.77. The highest BCUT2D eigenvalue weighted by Crippen LogP contribution is 2.40. The predicted molar refractivity (Wildman–Crippen MR) is 134 cm³/mol. The monoisotopic (exact) mass is 496 g/mol. The van der Waals surface area contributed by atoms with Crippen molar-refractivity contribution in [1.82, 2.24) is 10.2 Å². The Balaban J connectivity index is 1.40. The van der Waals surface area contributed by atoms with E-state index in [0.29, 0.717) is 28.4 Å². The summed E-state index contributed by atoms with van der Waals surface area (Å²) in [6, 6.07) is 9.21. The van der Waals surface area contributed by atoms with Crippen LogP contribution in [0.5, 0.6) is 17.2 Å². The maximum atomic E-state index is 12.9. The smallest absolute Gasteiger partial charge is 0.293 e. The van der Waals surface area contributed by atoms with Gasteiger partial charge in [0.1, 0.15) is 0 Å². The molecule has 0 spiro atoms. The maximum Gasteiger partial charge on any atom is 0.293 e. The van der Waals surface area contributed by atoms with Crippen LogP contribution < -0.4 is 19.5 Å². The number of benzene rings is 2.